The van der Waals surface area contributed by atoms with Crippen molar-refractivity contribution < 1.29 is 28.7 Å². The summed E-state index contributed by atoms with van der Waals surface area (Å²) >= 11 is 0. The molecule has 0 aromatic heterocycles. The smallest absolute Gasteiger partial charge is 0.338 e. The van der Waals surface area contributed by atoms with E-state index in [1.807, 2.05) is 49.4 Å². The van der Waals surface area contributed by atoms with Gasteiger partial charge in [-0.3, -0.25) is 4.21 Å². The maximum absolute atomic E-state index is 12.6. The van der Waals surface area contributed by atoms with Gasteiger partial charge in [-0.15, -0.1) is 0 Å². The number of hydrogen-bond acceptors (Lipinski definition) is 6. The van der Waals surface area contributed by atoms with Crippen molar-refractivity contribution in [3.63, 3.8) is 0 Å². The number of benzene rings is 3. The first-order valence-electron chi connectivity index (χ1n) is 10.6. The van der Waals surface area contributed by atoms with E-state index in [0.29, 0.717) is 10.5 Å². The third-order valence-corrected chi connectivity index (χ3v) is 6.48. The molecule has 2 N–H and O–H groups in total. The second-order valence-electron chi connectivity index (χ2n) is 7.69. The highest BCUT2D eigenvalue weighted by molar-refractivity contribution is 7.85. The molecule has 3 aromatic rings. The zero-order valence-corrected chi connectivity index (χ0v) is 19.2. The van der Waals surface area contributed by atoms with Gasteiger partial charge in [0.15, 0.2) is 6.10 Å². The molecule has 0 radical (unpaired) electrons. The van der Waals surface area contributed by atoms with E-state index < -0.39 is 35.1 Å². The fourth-order valence-corrected chi connectivity index (χ4v) is 4.28. The van der Waals surface area contributed by atoms with Crippen molar-refractivity contribution in [1.29, 1.82) is 0 Å². The van der Waals surface area contributed by atoms with E-state index >= 15 is 0 Å². The Morgan fingerprint density at radius 3 is 2.15 bits per heavy atom. The number of hydrogen-bond donors (Lipinski definition) is 2. The van der Waals surface area contributed by atoms with Gasteiger partial charge in [0.25, 0.3) is 0 Å². The average molecular weight is 469 g/mol. The van der Waals surface area contributed by atoms with Crippen LogP contribution in [0.4, 0.5) is 0 Å². The predicted octanol–water partition coefficient (Wildman–Crippen LogP) is 3.27. The molecule has 3 rings (SSSR count). The second kappa shape index (κ2) is 12.4. The molecular weight excluding hydrogens is 440 g/mol. The third-order valence-electron chi connectivity index (χ3n) is 5.04. The Hall–Kier alpha value is -2.84. The van der Waals surface area contributed by atoms with Gasteiger partial charge in [0.2, 0.25) is 0 Å². The SMILES string of the molecule is Cc1ccc(S(=O)C[C@H](O)[C@@H](O)[C@H](COCc2ccccc2)OC(=O)c2ccccc2)cc1. The van der Waals surface area contributed by atoms with Crippen LogP contribution in [0.15, 0.2) is 89.8 Å². The van der Waals surface area contributed by atoms with Gasteiger partial charge < -0.3 is 19.7 Å². The van der Waals surface area contributed by atoms with Crippen molar-refractivity contribution in [2.75, 3.05) is 12.4 Å². The van der Waals surface area contributed by atoms with Crippen LogP contribution in [-0.4, -0.2) is 51.1 Å². The number of ether oxygens (including phenoxy) is 2. The lowest BCUT2D eigenvalue weighted by atomic mass is 10.1. The van der Waals surface area contributed by atoms with E-state index in [1.165, 1.54) is 0 Å². The summed E-state index contributed by atoms with van der Waals surface area (Å²) in [5.41, 5.74) is 2.26. The summed E-state index contributed by atoms with van der Waals surface area (Å²) < 4.78 is 23.8. The zero-order chi connectivity index (χ0) is 23.6. The van der Waals surface area contributed by atoms with E-state index in [9.17, 15) is 19.2 Å². The third kappa shape index (κ3) is 7.61. The Labute approximate surface area is 196 Å². The van der Waals surface area contributed by atoms with Crippen molar-refractivity contribution in [2.24, 2.45) is 0 Å². The van der Waals surface area contributed by atoms with Crippen LogP contribution in [0.2, 0.25) is 0 Å². The molecule has 3 aromatic carbocycles. The summed E-state index contributed by atoms with van der Waals surface area (Å²) in [7, 11) is -1.53. The fraction of sp³-hybridized carbons (Fsp3) is 0.269. The largest absolute Gasteiger partial charge is 0.453 e. The van der Waals surface area contributed by atoms with Gasteiger partial charge in [-0.25, -0.2) is 4.79 Å². The number of carbonyl (C=O) groups excluding carboxylic acids is 1. The highest BCUT2D eigenvalue weighted by Gasteiger charge is 2.31. The van der Waals surface area contributed by atoms with E-state index in [4.69, 9.17) is 9.47 Å². The van der Waals surface area contributed by atoms with Gasteiger partial charge in [-0.2, -0.15) is 0 Å². The summed E-state index contributed by atoms with van der Waals surface area (Å²) in [5, 5.41) is 21.4. The molecule has 174 valence electrons. The van der Waals surface area contributed by atoms with E-state index in [-0.39, 0.29) is 19.0 Å². The number of aliphatic hydroxyl groups is 2. The van der Waals surface area contributed by atoms with Crippen LogP contribution >= 0.6 is 0 Å². The lowest BCUT2D eigenvalue weighted by Gasteiger charge is -2.26. The Balaban J connectivity index is 1.66. The molecule has 0 aliphatic carbocycles. The van der Waals surface area contributed by atoms with Crippen molar-refractivity contribution in [2.45, 2.75) is 36.7 Å². The Kier molecular flexibility index (Phi) is 9.33. The number of carbonyl (C=O) groups is 1. The van der Waals surface area contributed by atoms with Gasteiger partial charge in [-0.05, 0) is 36.8 Å². The monoisotopic (exact) mass is 468 g/mol. The van der Waals surface area contributed by atoms with Gasteiger partial charge >= 0.3 is 5.97 Å². The Morgan fingerprint density at radius 2 is 1.52 bits per heavy atom. The van der Waals surface area contributed by atoms with Crippen molar-refractivity contribution in [3.8, 4) is 0 Å². The number of aliphatic hydroxyl groups excluding tert-OH is 2. The lowest BCUT2D eigenvalue weighted by molar-refractivity contribution is -0.0926. The fourth-order valence-electron chi connectivity index (χ4n) is 3.14. The lowest BCUT2D eigenvalue weighted by Crippen LogP contribution is -2.45. The molecule has 0 spiro atoms. The molecule has 0 fully saturated rings. The van der Waals surface area contributed by atoms with E-state index in [0.717, 1.165) is 11.1 Å². The molecular formula is C26H28O6S. The molecule has 0 aliphatic heterocycles. The summed E-state index contributed by atoms with van der Waals surface area (Å²) in [4.78, 5) is 13.1. The number of rotatable bonds is 11. The molecule has 33 heavy (non-hydrogen) atoms. The standard InChI is InChI=1S/C26H28O6S/c1-19-12-14-22(15-13-19)33(30)18-23(27)25(28)24(17-31-16-20-8-4-2-5-9-20)32-26(29)21-10-6-3-7-11-21/h2-15,23-25,27-28H,16-18H2,1H3/t23-,24-,25+,33?/m0/s1. The van der Waals surface area contributed by atoms with Crippen LogP contribution in [0.3, 0.4) is 0 Å². The molecule has 0 saturated carbocycles. The van der Waals surface area contributed by atoms with Crippen molar-refractivity contribution in [1.82, 2.24) is 0 Å². The normalized spacial score (nSPS) is 14.8. The minimum atomic E-state index is -1.53. The number of esters is 1. The van der Waals surface area contributed by atoms with E-state index in [2.05, 4.69) is 0 Å². The molecule has 0 amide bonds. The summed E-state index contributed by atoms with van der Waals surface area (Å²) in [6, 6.07) is 24.9. The van der Waals surface area contributed by atoms with Crippen molar-refractivity contribution in [3.05, 3.63) is 102 Å². The zero-order valence-electron chi connectivity index (χ0n) is 18.4. The molecule has 0 aliphatic rings. The quantitative estimate of drug-likeness (QED) is 0.420. The van der Waals surface area contributed by atoms with Crippen LogP contribution < -0.4 is 0 Å². The summed E-state index contributed by atoms with van der Waals surface area (Å²) in [6.45, 7) is 2.04. The van der Waals surface area contributed by atoms with Crippen LogP contribution in [0.1, 0.15) is 21.5 Å². The van der Waals surface area contributed by atoms with Gasteiger partial charge in [0.1, 0.15) is 6.10 Å². The van der Waals surface area contributed by atoms with Crippen molar-refractivity contribution >= 4 is 16.8 Å². The summed E-state index contributed by atoms with van der Waals surface area (Å²) in [6.07, 6.45) is -4.02. The summed E-state index contributed by atoms with van der Waals surface area (Å²) in [5.74, 6) is -0.850. The van der Waals surface area contributed by atoms with Crippen LogP contribution in [-0.2, 0) is 26.9 Å². The molecule has 0 heterocycles. The van der Waals surface area contributed by atoms with Crippen LogP contribution in [0.25, 0.3) is 0 Å². The molecule has 7 heteroatoms. The maximum atomic E-state index is 12.6. The minimum Gasteiger partial charge on any atom is -0.453 e. The predicted molar refractivity (Wildman–Crippen MR) is 126 cm³/mol. The Morgan fingerprint density at radius 1 is 0.909 bits per heavy atom. The molecule has 0 bridgehead atoms. The van der Waals surface area contributed by atoms with Gasteiger partial charge in [0, 0.05) is 4.90 Å². The number of aryl methyl sites for hydroxylation is 1. The first kappa shape index (κ1) is 24.8. The van der Waals surface area contributed by atoms with E-state index in [1.54, 1.807) is 42.5 Å². The van der Waals surface area contributed by atoms with Crippen LogP contribution in [0.5, 0.6) is 0 Å². The topological polar surface area (TPSA) is 93.1 Å². The first-order valence-corrected chi connectivity index (χ1v) is 11.9. The Bertz CT molecular complexity index is 1020. The molecule has 1 unspecified atom stereocenters. The second-order valence-corrected chi connectivity index (χ2v) is 9.19. The highest BCUT2D eigenvalue weighted by Crippen LogP contribution is 2.15. The first-order chi connectivity index (χ1) is 15.9. The maximum Gasteiger partial charge on any atom is 0.338 e. The average Bonchev–Trinajstić information content (AvgIpc) is 2.84. The molecule has 0 saturated heterocycles. The van der Waals surface area contributed by atoms with Gasteiger partial charge in [0.05, 0.1) is 41.4 Å². The highest BCUT2D eigenvalue weighted by atomic mass is 32.2. The van der Waals surface area contributed by atoms with Gasteiger partial charge in [-0.1, -0.05) is 66.2 Å². The molecule has 6 nitrogen and oxygen atoms in total. The minimum absolute atomic E-state index is 0.136. The van der Waals surface area contributed by atoms with Crippen LogP contribution in [0, 0.1) is 6.92 Å². The molecule has 4 atom stereocenters.